The van der Waals surface area contributed by atoms with Crippen molar-refractivity contribution < 1.29 is 4.79 Å². The Labute approximate surface area is 127 Å². The van der Waals surface area contributed by atoms with Gasteiger partial charge in [-0.15, -0.1) is 0 Å². The fourth-order valence-corrected chi connectivity index (χ4v) is 2.89. The van der Waals surface area contributed by atoms with Crippen molar-refractivity contribution in [3.8, 4) is 0 Å². The first-order valence-electron chi connectivity index (χ1n) is 6.50. The summed E-state index contributed by atoms with van der Waals surface area (Å²) in [5.41, 5.74) is 0.795. The molecule has 0 aliphatic carbocycles. The molecule has 106 valence electrons. The van der Waals surface area contributed by atoms with Gasteiger partial charge in [0.05, 0.1) is 10.5 Å². The third kappa shape index (κ3) is 2.39. The van der Waals surface area contributed by atoms with Crippen LogP contribution in [0.1, 0.15) is 0 Å². The van der Waals surface area contributed by atoms with Crippen LogP contribution < -0.4 is 0 Å². The van der Waals surface area contributed by atoms with E-state index >= 15 is 0 Å². The molecule has 0 bridgehead atoms. The maximum absolute atomic E-state index is 12.6. The zero-order chi connectivity index (χ0) is 14.3. The van der Waals surface area contributed by atoms with Gasteiger partial charge < -0.3 is 9.80 Å². The standard InChI is InChI=1S/C14H15Cl2N3O/c1-17-4-6-18(7-5-17)14(20)19-9-12(16)11-8-10(15)2-3-13(11)19/h2-3,8-9H,4-7H2,1H3. The lowest BCUT2D eigenvalue weighted by Gasteiger charge is -2.32. The average molecular weight is 312 g/mol. The summed E-state index contributed by atoms with van der Waals surface area (Å²) < 4.78 is 1.61. The molecular weight excluding hydrogens is 297 g/mol. The molecule has 2 heterocycles. The molecule has 1 saturated heterocycles. The Bertz CT molecular complexity index is 660. The molecule has 1 aliphatic heterocycles. The number of benzene rings is 1. The number of hydrogen-bond acceptors (Lipinski definition) is 2. The van der Waals surface area contributed by atoms with E-state index < -0.39 is 0 Å². The van der Waals surface area contributed by atoms with Gasteiger partial charge in [0.2, 0.25) is 0 Å². The summed E-state index contributed by atoms with van der Waals surface area (Å²) in [4.78, 5) is 16.7. The predicted molar refractivity (Wildman–Crippen MR) is 81.8 cm³/mol. The van der Waals surface area contributed by atoms with Crippen molar-refractivity contribution in [1.82, 2.24) is 14.4 Å². The van der Waals surface area contributed by atoms with Gasteiger partial charge in [0, 0.05) is 42.8 Å². The number of halogens is 2. The zero-order valence-corrected chi connectivity index (χ0v) is 12.7. The van der Waals surface area contributed by atoms with E-state index in [1.165, 1.54) is 0 Å². The molecule has 0 unspecified atom stereocenters. The van der Waals surface area contributed by atoms with E-state index in [0.29, 0.717) is 10.0 Å². The van der Waals surface area contributed by atoms with Gasteiger partial charge in [0.15, 0.2) is 0 Å². The van der Waals surface area contributed by atoms with E-state index in [-0.39, 0.29) is 6.03 Å². The minimum atomic E-state index is -0.0303. The van der Waals surface area contributed by atoms with Gasteiger partial charge in [-0.1, -0.05) is 23.2 Å². The third-order valence-corrected chi connectivity index (χ3v) is 4.23. The SMILES string of the molecule is CN1CCN(C(=O)n2cc(Cl)c3cc(Cl)ccc32)CC1. The number of fused-ring (bicyclic) bond motifs is 1. The summed E-state index contributed by atoms with van der Waals surface area (Å²) in [5, 5.41) is 1.97. The van der Waals surface area contributed by atoms with Crippen LogP contribution in [0.2, 0.25) is 10.0 Å². The van der Waals surface area contributed by atoms with E-state index in [9.17, 15) is 4.79 Å². The lowest BCUT2D eigenvalue weighted by molar-refractivity contribution is 0.156. The molecule has 0 radical (unpaired) electrons. The normalized spacial score (nSPS) is 16.9. The Morgan fingerprint density at radius 1 is 1.15 bits per heavy atom. The molecule has 0 saturated carbocycles. The number of aromatic nitrogens is 1. The molecule has 3 rings (SSSR count). The van der Waals surface area contributed by atoms with Crippen molar-refractivity contribution in [2.45, 2.75) is 0 Å². The number of carbonyl (C=O) groups is 1. The molecule has 1 aromatic carbocycles. The number of hydrogen-bond donors (Lipinski definition) is 0. The van der Waals surface area contributed by atoms with Crippen molar-refractivity contribution in [3.63, 3.8) is 0 Å². The number of amides is 1. The summed E-state index contributed by atoms with van der Waals surface area (Å²) in [5.74, 6) is 0. The van der Waals surface area contributed by atoms with Crippen LogP contribution in [-0.4, -0.2) is 53.6 Å². The number of piperazine rings is 1. The van der Waals surface area contributed by atoms with E-state index in [0.717, 1.165) is 37.1 Å². The minimum absolute atomic E-state index is 0.0303. The van der Waals surface area contributed by atoms with Crippen LogP contribution in [-0.2, 0) is 0 Å². The van der Waals surface area contributed by atoms with E-state index in [2.05, 4.69) is 11.9 Å². The molecule has 1 amide bonds. The molecule has 2 aromatic rings. The van der Waals surface area contributed by atoms with Crippen LogP contribution >= 0.6 is 23.2 Å². The summed E-state index contributed by atoms with van der Waals surface area (Å²) in [6, 6.07) is 5.36. The molecule has 20 heavy (non-hydrogen) atoms. The number of likely N-dealkylation sites (N-methyl/N-ethyl adjacent to an activating group) is 1. The monoisotopic (exact) mass is 311 g/mol. The second-order valence-corrected chi connectivity index (χ2v) is 5.93. The van der Waals surface area contributed by atoms with Gasteiger partial charge in [-0.05, 0) is 25.2 Å². The Morgan fingerprint density at radius 3 is 2.55 bits per heavy atom. The first kappa shape index (κ1) is 13.7. The highest BCUT2D eigenvalue weighted by Gasteiger charge is 2.22. The van der Waals surface area contributed by atoms with Gasteiger partial charge in [-0.3, -0.25) is 4.57 Å². The van der Waals surface area contributed by atoms with Crippen LogP contribution in [0.5, 0.6) is 0 Å². The lowest BCUT2D eigenvalue weighted by Crippen LogP contribution is -2.48. The fourth-order valence-electron chi connectivity index (χ4n) is 2.47. The molecular formula is C14H15Cl2N3O. The lowest BCUT2D eigenvalue weighted by atomic mass is 10.2. The van der Waals surface area contributed by atoms with Gasteiger partial charge >= 0.3 is 6.03 Å². The van der Waals surface area contributed by atoms with E-state index in [4.69, 9.17) is 23.2 Å². The van der Waals surface area contributed by atoms with Crippen molar-refractivity contribution in [3.05, 3.63) is 34.4 Å². The molecule has 0 spiro atoms. The molecule has 6 heteroatoms. The summed E-state index contributed by atoms with van der Waals surface area (Å²) in [6.45, 7) is 3.26. The molecule has 1 aromatic heterocycles. The molecule has 0 N–H and O–H groups in total. The van der Waals surface area contributed by atoms with Crippen LogP contribution in [0.4, 0.5) is 4.79 Å². The van der Waals surface area contributed by atoms with Crippen LogP contribution in [0.3, 0.4) is 0 Å². The van der Waals surface area contributed by atoms with Crippen molar-refractivity contribution in [1.29, 1.82) is 0 Å². The highest BCUT2D eigenvalue weighted by molar-refractivity contribution is 6.37. The Kier molecular flexibility index (Phi) is 3.63. The molecule has 4 nitrogen and oxygen atoms in total. The van der Waals surface area contributed by atoms with Crippen molar-refractivity contribution >= 4 is 40.1 Å². The maximum atomic E-state index is 12.6. The zero-order valence-electron chi connectivity index (χ0n) is 11.1. The summed E-state index contributed by atoms with van der Waals surface area (Å²) >= 11 is 12.2. The number of nitrogens with zero attached hydrogens (tertiary/aromatic N) is 3. The first-order valence-corrected chi connectivity index (χ1v) is 7.26. The topological polar surface area (TPSA) is 28.5 Å². The first-order chi connectivity index (χ1) is 9.56. The Balaban J connectivity index is 1.96. The molecule has 1 fully saturated rings. The quantitative estimate of drug-likeness (QED) is 0.747. The van der Waals surface area contributed by atoms with E-state index in [1.54, 1.807) is 22.9 Å². The number of carbonyl (C=O) groups excluding carboxylic acids is 1. The summed E-state index contributed by atoms with van der Waals surface area (Å²) in [6.07, 6.45) is 1.67. The van der Waals surface area contributed by atoms with Crippen LogP contribution in [0.15, 0.2) is 24.4 Å². The highest BCUT2D eigenvalue weighted by Crippen LogP contribution is 2.28. The smallest absolute Gasteiger partial charge is 0.321 e. The fraction of sp³-hybridized carbons (Fsp3) is 0.357. The second-order valence-electron chi connectivity index (χ2n) is 5.08. The van der Waals surface area contributed by atoms with Crippen molar-refractivity contribution in [2.75, 3.05) is 33.2 Å². The third-order valence-electron chi connectivity index (χ3n) is 3.70. The minimum Gasteiger partial charge on any atom is -0.321 e. The Hall–Kier alpha value is -1.23. The number of rotatable bonds is 0. The predicted octanol–water partition coefficient (Wildman–Crippen LogP) is 3.16. The molecule has 0 atom stereocenters. The average Bonchev–Trinajstić information content (AvgIpc) is 2.76. The van der Waals surface area contributed by atoms with Crippen LogP contribution in [0, 0.1) is 0 Å². The molecule has 1 aliphatic rings. The van der Waals surface area contributed by atoms with Gasteiger partial charge in [-0.2, -0.15) is 0 Å². The van der Waals surface area contributed by atoms with Gasteiger partial charge in [0.25, 0.3) is 0 Å². The Morgan fingerprint density at radius 2 is 1.85 bits per heavy atom. The largest absolute Gasteiger partial charge is 0.328 e. The maximum Gasteiger partial charge on any atom is 0.328 e. The van der Waals surface area contributed by atoms with Gasteiger partial charge in [0.1, 0.15) is 0 Å². The van der Waals surface area contributed by atoms with E-state index in [1.807, 2.05) is 11.0 Å². The van der Waals surface area contributed by atoms with Gasteiger partial charge in [-0.25, -0.2) is 4.79 Å². The summed E-state index contributed by atoms with van der Waals surface area (Å²) in [7, 11) is 2.06. The van der Waals surface area contributed by atoms with Crippen molar-refractivity contribution in [2.24, 2.45) is 0 Å². The van der Waals surface area contributed by atoms with Crippen LogP contribution in [0.25, 0.3) is 10.9 Å². The second kappa shape index (κ2) is 5.28. The highest BCUT2D eigenvalue weighted by atomic mass is 35.5.